The van der Waals surface area contributed by atoms with E-state index in [1.54, 1.807) is 7.11 Å². The van der Waals surface area contributed by atoms with Crippen molar-refractivity contribution < 1.29 is 9.84 Å². The first kappa shape index (κ1) is 14.8. The number of hydrogen-bond acceptors (Lipinski definition) is 4. The zero-order chi connectivity index (χ0) is 11.7. The molecule has 0 bridgehead atoms. The third-order valence-corrected chi connectivity index (χ3v) is 2.66. The Balaban J connectivity index is 3.85. The lowest BCUT2D eigenvalue weighted by molar-refractivity contribution is 0.136. The molecule has 4 N–H and O–H groups in total. The fourth-order valence-corrected chi connectivity index (χ4v) is 1.69. The minimum absolute atomic E-state index is 0.257. The number of ether oxygens (including phenoxy) is 1. The van der Waals surface area contributed by atoms with E-state index in [4.69, 9.17) is 15.6 Å². The number of hydrogen-bond donors (Lipinski definition) is 3. The normalized spacial score (nSPS) is 17.4. The lowest BCUT2D eigenvalue weighted by Gasteiger charge is -2.27. The topological polar surface area (TPSA) is 67.5 Å². The number of nitrogens with one attached hydrogen (secondary N) is 1. The minimum Gasteiger partial charge on any atom is -0.396 e. The van der Waals surface area contributed by atoms with Crippen LogP contribution in [0.3, 0.4) is 0 Å². The Morgan fingerprint density at radius 3 is 2.53 bits per heavy atom. The molecule has 92 valence electrons. The van der Waals surface area contributed by atoms with Crippen molar-refractivity contribution in [2.75, 3.05) is 26.9 Å². The molecule has 3 atom stereocenters. The Labute approximate surface area is 93.2 Å². The van der Waals surface area contributed by atoms with Crippen molar-refractivity contribution in [3.8, 4) is 0 Å². The zero-order valence-corrected chi connectivity index (χ0v) is 10.2. The average molecular weight is 218 g/mol. The van der Waals surface area contributed by atoms with E-state index in [2.05, 4.69) is 19.2 Å². The second-order valence-corrected chi connectivity index (χ2v) is 4.21. The molecule has 0 aromatic heterocycles. The maximum Gasteiger partial charge on any atom is 0.0503 e. The summed E-state index contributed by atoms with van der Waals surface area (Å²) in [6, 6.07) is 0.684. The van der Waals surface area contributed by atoms with Gasteiger partial charge in [-0.1, -0.05) is 6.92 Å². The van der Waals surface area contributed by atoms with Gasteiger partial charge in [0.2, 0.25) is 0 Å². The van der Waals surface area contributed by atoms with Gasteiger partial charge in [-0.25, -0.2) is 0 Å². The van der Waals surface area contributed by atoms with Gasteiger partial charge in [-0.2, -0.15) is 0 Å². The average Bonchev–Trinajstić information content (AvgIpc) is 2.23. The molecule has 0 rings (SSSR count). The third kappa shape index (κ3) is 6.84. The summed E-state index contributed by atoms with van der Waals surface area (Å²) >= 11 is 0. The van der Waals surface area contributed by atoms with Gasteiger partial charge >= 0.3 is 0 Å². The van der Waals surface area contributed by atoms with Gasteiger partial charge in [0.15, 0.2) is 0 Å². The lowest BCUT2D eigenvalue weighted by Crippen LogP contribution is -2.46. The highest BCUT2D eigenvalue weighted by atomic mass is 16.5. The Bertz CT molecular complexity index is 145. The smallest absolute Gasteiger partial charge is 0.0503 e. The molecule has 15 heavy (non-hydrogen) atoms. The number of nitrogens with two attached hydrogens (primary N) is 1. The molecule has 3 unspecified atom stereocenters. The number of rotatable bonds is 9. The van der Waals surface area contributed by atoms with Crippen LogP contribution < -0.4 is 11.1 Å². The van der Waals surface area contributed by atoms with E-state index in [1.165, 1.54) is 0 Å². The molecule has 0 saturated heterocycles. The summed E-state index contributed by atoms with van der Waals surface area (Å²) in [5.41, 5.74) is 5.71. The molecule has 4 heteroatoms. The molecule has 0 aliphatic heterocycles. The van der Waals surface area contributed by atoms with Gasteiger partial charge in [-0.15, -0.1) is 0 Å². The van der Waals surface area contributed by atoms with Crippen molar-refractivity contribution in [3.05, 3.63) is 0 Å². The summed E-state index contributed by atoms with van der Waals surface area (Å²) in [4.78, 5) is 0. The minimum atomic E-state index is 0.257. The van der Waals surface area contributed by atoms with Crippen molar-refractivity contribution in [3.63, 3.8) is 0 Å². The highest BCUT2D eigenvalue weighted by Crippen LogP contribution is 2.05. The Hall–Kier alpha value is -0.160. The van der Waals surface area contributed by atoms with E-state index >= 15 is 0 Å². The fourth-order valence-electron chi connectivity index (χ4n) is 1.69. The highest BCUT2D eigenvalue weighted by Gasteiger charge is 2.17. The van der Waals surface area contributed by atoms with E-state index in [0.717, 1.165) is 19.4 Å². The molecule has 0 saturated carbocycles. The molecular formula is C11H26N2O2. The van der Waals surface area contributed by atoms with E-state index in [0.29, 0.717) is 24.5 Å². The summed E-state index contributed by atoms with van der Waals surface area (Å²) in [5.74, 6) is 0.413. The van der Waals surface area contributed by atoms with E-state index in [9.17, 15) is 0 Å². The quantitative estimate of drug-likeness (QED) is 0.522. The number of aliphatic hydroxyl groups is 1. The van der Waals surface area contributed by atoms with Gasteiger partial charge in [-0.3, -0.25) is 0 Å². The predicted octanol–water partition coefficient (Wildman–Crippen LogP) is 0.347. The zero-order valence-electron chi connectivity index (χ0n) is 10.2. The van der Waals surface area contributed by atoms with E-state index in [-0.39, 0.29) is 6.61 Å². The maximum atomic E-state index is 8.73. The maximum absolute atomic E-state index is 8.73. The fraction of sp³-hybridized carbons (Fsp3) is 1.00. The van der Waals surface area contributed by atoms with Crippen LogP contribution in [0.1, 0.15) is 26.7 Å². The number of aliphatic hydroxyl groups excluding tert-OH is 1. The standard InChI is InChI=1S/C11H26N2O2/c1-9(8-15-3)11(7-12)13-10(2)5-4-6-14/h9-11,13-14H,4-8,12H2,1-3H3. The van der Waals surface area contributed by atoms with Crippen molar-refractivity contribution >= 4 is 0 Å². The Morgan fingerprint density at radius 2 is 2.07 bits per heavy atom. The summed E-state index contributed by atoms with van der Waals surface area (Å²) < 4.78 is 5.11. The van der Waals surface area contributed by atoms with Crippen LogP contribution in [0.25, 0.3) is 0 Å². The van der Waals surface area contributed by atoms with Crippen LogP contribution in [0.4, 0.5) is 0 Å². The molecule has 0 aliphatic carbocycles. The van der Waals surface area contributed by atoms with Gasteiger partial charge in [-0.05, 0) is 25.7 Å². The molecule has 0 heterocycles. The first-order chi connectivity index (χ1) is 7.15. The molecule has 4 nitrogen and oxygen atoms in total. The van der Waals surface area contributed by atoms with Crippen LogP contribution in [0.15, 0.2) is 0 Å². The SMILES string of the molecule is COCC(C)C(CN)NC(C)CCCO. The summed E-state index contributed by atoms with van der Waals surface area (Å²) in [6.07, 6.45) is 1.82. The van der Waals surface area contributed by atoms with Crippen molar-refractivity contribution in [1.29, 1.82) is 0 Å². The second-order valence-electron chi connectivity index (χ2n) is 4.21. The molecule has 0 radical (unpaired) electrons. The monoisotopic (exact) mass is 218 g/mol. The predicted molar refractivity (Wildman–Crippen MR) is 62.8 cm³/mol. The van der Waals surface area contributed by atoms with Gasteiger partial charge < -0.3 is 20.9 Å². The van der Waals surface area contributed by atoms with Crippen LogP contribution in [0, 0.1) is 5.92 Å². The van der Waals surface area contributed by atoms with Crippen LogP contribution in [-0.4, -0.2) is 44.1 Å². The largest absolute Gasteiger partial charge is 0.396 e. The first-order valence-corrected chi connectivity index (χ1v) is 5.71. The third-order valence-electron chi connectivity index (χ3n) is 2.66. The highest BCUT2D eigenvalue weighted by molar-refractivity contribution is 4.77. The Kier molecular flexibility index (Phi) is 9.00. The molecule has 0 aromatic carbocycles. The van der Waals surface area contributed by atoms with Gasteiger partial charge in [0.05, 0.1) is 6.61 Å². The number of methoxy groups -OCH3 is 1. The van der Waals surface area contributed by atoms with Crippen LogP contribution >= 0.6 is 0 Å². The lowest BCUT2D eigenvalue weighted by atomic mass is 10.0. The van der Waals surface area contributed by atoms with Gasteiger partial charge in [0.1, 0.15) is 0 Å². The van der Waals surface area contributed by atoms with Crippen molar-refractivity contribution in [2.24, 2.45) is 11.7 Å². The van der Waals surface area contributed by atoms with Crippen LogP contribution in [0.5, 0.6) is 0 Å². The summed E-state index contributed by atoms with van der Waals surface area (Å²) in [7, 11) is 1.71. The van der Waals surface area contributed by atoms with Gasteiger partial charge in [0.25, 0.3) is 0 Å². The van der Waals surface area contributed by atoms with Crippen molar-refractivity contribution in [1.82, 2.24) is 5.32 Å². The Morgan fingerprint density at radius 1 is 1.40 bits per heavy atom. The molecule has 0 aromatic rings. The van der Waals surface area contributed by atoms with E-state index < -0.39 is 0 Å². The molecule has 0 spiro atoms. The summed E-state index contributed by atoms with van der Waals surface area (Å²) in [5, 5.41) is 12.2. The first-order valence-electron chi connectivity index (χ1n) is 5.71. The van der Waals surface area contributed by atoms with E-state index in [1.807, 2.05) is 0 Å². The van der Waals surface area contributed by atoms with Crippen LogP contribution in [-0.2, 0) is 4.74 Å². The van der Waals surface area contributed by atoms with Gasteiger partial charge in [0, 0.05) is 32.3 Å². The molecular weight excluding hydrogens is 192 g/mol. The summed E-state index contributed by atoms with van der Waals surface area (Å²) in [6.45, 7) is 5.85. The second kappa shape index (κ2) is 9.09. The van der Waals surface area contributed by atoms with Crippen LogP contribution in [0.2, 0.25) is 0 Å². The van der Waals surface area contributed by atoms with Crippen molar-refractivity contribution in [2.45, 2.75) is 38.8 Å². The molecule has 0 fully saturated rings. The molecule has 0 aliphatic rings. The molecule has 0 amide bonds.